The lowest BCUT2D eigenvalue weighted by Crippen LogP contribution is -2.37. The standard InChI is InChI=1S/C15H24N2O/c1-12(2)18-11-10-17-9-8-14(16-3)13-6-4-5-7-15(13)17/h4-7,12,14,16H,8-11H2,1-3H3. The van der Waals surface area contributed by atoms with E-state index in [9.17, 15) is 0 Å². The molecule has 1 aliphatic heterocycles. The van der Waals surface area contributed by atoms with Crippen LogP contribution in [0.1, 0.15) is 31.9 Å². The van der Waals surface area contributed by atoms with Gasteiger partial charge in [0.05, 0.1) is 12.7 Å². The van der Waals surface area contributed by atoms with E-state index in [-0.39, 0.29) is 0 Å². The first-order chi connectivity index (χ1) is 8.72. The maximum absolute atomic E-state index is 5.66. The van der Waals surface area contributed by atoms with Gasteiger partial charge in [-0.3, -0.25) is 0 Å². The van der Waals surface area contributed by atoms with Crippen molar-refractivity contribution in [1.82, 2.24) is 5.32 Å². The Balaban J connectivity index is 2.05. The van der Waals surface area contributed by atoms with Crippen LogP contribution < -0.4 is 10.2 Å². The van der Waals surface area contributed by atoms with Crippen LogP contribution in [-0.2, 0) is 4.74 Å². The van der Waals surface area contributed by atoms with Gasteiger partial charge in [0.1, 0.15) is 0 Å². The van der Waals surface area contributed by atoms with Crippen molar-refractivity contribution in [1.29, 1.82) is 0 Å². The number of rotatable bonds is 5. The molecule has 0 saturated heterocycles. The van der Waals surface area contributed by atoms with Crippen LogP contribution in [0, 0.1) is 0 Å². The van der Waals surface area contributed by atoms with E-state index < -0.39 is 0 Å². The highest BCUT2D eigenvalue weighted by Crippen LogP contribution is 2.32. The van der Waals surface area contributed by atoms with Crippen LogP contribution in [0.25, 0.3) is 0 Å². The van der Waals surface area contributed by atoms with Crippen molar-refractivity contribution in [3.8, 4) is 0 Å². The smallest absolute Gasteiger partial charge is 0.0645 e. The molecule has 1 N–H and O–H groups in total. The Morgan fingerprint density at radius 2 is 2.17 bits per heavy atom. The Kier molecular flexibility index (Phi) is 4.61. The molecule has 18 heavy (non-hydrogen) atoms. The summed E-state index contributed by atoms with van der Waals surface area (Å²) in [7, 11) is 2.04. The molecule has 0 aliphatic carbocycles. The fraction of sp³-hybridized carbons (Fsp3) is 0.600. The predicted molar refractivity (Wildman–Crippen MR) is 76.2 cm³/mol. The first-order valence-electron chi connectivity index (χ1n) is 6.85. The van der Waals surface area contributed by atoms with E-state index in [0.29, 0.717) is 12.1 Å². The molecule has 1 aromatic rings. The van der Waals surface area contributed by atoms with Gasteiger partial charge < -0.3 is 15.0 Å². The number of hydrogen-bond acceptors (Lipinski definition) is 3. The first-order valence-corrected chi connectivity index (χ1v) is 6.85. The number of hydrogen-bond donors (Lipinski definition) is 1. The third kappa shape index (κ3) is 3.03. The second-order valence-electron chi connectivity index (χ2n) is 5.10. The summed E-state index contributed by atoms with van der Waals surface area (Å²) in [6.45, 7) is 7.05. The summed E-state index contributed by atoms with van der Waals surface area (Å²) in [5, 5.41) is 3.40. The van der Waals surface area contributed by atoms with Crippen molar-refractivity contribution in [2.24, 2.45) is 0 Å². The zero-order valence-corrected chi connectivity index (χ0v) is 11.6. The monoisotopic (exact) mass is 248 g/mol. The van der Waals surface area contributed by atoms with Gasteiger partial charge in [0.15, 0.2) is 0 Å². The summed E-state index contributed by atoms with van der Waals surface area (Å²) >= 11 is 0. The molecule has 0 aromatic heterocycles. The summed E-state index contributed by atoms with van der Waals surface area (Å²) in [5.41, 5.74) is 2.77. The molecule has 1 aromatic carbocycles. The molecule has 2 rings (SSSR count). The second kappa shape index (κ2) is 6.21. The molecule has 1 atom stereocenters. The number of benzene rings is 1. The molecular weight excluding hydrogens is 224 g/mol. The highest BCUT2D eigenvalue weighted by molar-refractivity contribution is 5.56. The Labute approximate surface area is 110 Å². The normalized spacial score (nSPS) is 19.1. The minimum absolute atomic E-state index is 0.315. The average Bonchev–Trinajstić information content (AvgIpc) is 2.38. The van der Waals surface area contributed by atoms with Gasteiger partial charge >= 0.3 is 0 Å². The van der Waals surface area contributed by atoms with Crippen LogP contribution in [0.15, 0.2) is 24.3 Å². The lowest BCUT2D eigenvalue weighted by molar-refractivity contribution is 0.0838. The van der Waals surface area contributed by atoms with Gasteiger partial charge in [-0.2, -0.15) is 0 Å². The summed E-state index contributed by atoms with van der Waals surface area (Å²) in [6.07, 6.45) is 1.48. The zero-order valence-electron chi connectivity index (χ0n) is 11.6. The largest absolute Gasteiger partial charge is 0.377 e. The maximum atomic E-state index is 5.66. The molecule has 3 nitrogen and oxygen atoms in total. The van der Waals surface area contributed by atoms with Gasteiger partial charge in [-0.1, -0.05) is 18.2 Å². The molecular formula is C15H24N2O. The topological polar surface area (TPSA) is 24.5 Å². The van der Waals surface area contributed by atoms with Gasteiger partial charge in [-0.15, -0.1) is 0 Å². The quantitative estimate of drug-likeness (QED) is 0.867. The minimum atomic E-state index is 0.315. The zero-order chi connectivity index (χ0) is 13.0. The average molecular weight is 248 g/mol. The van der Waals surface area contributed by atoms with Crippen LogP contribution >= 0.6 is 0 Å². The third-order valence-corrected chi connectivity index (χ3v) is 3.50. The lowest BCUT2D eigenvalue weighted by Gasteiger charge is -2.35. The predicted octanol–water partition coefficient (Wildman–Crippen LogP) is 2.58. The highest BCUT2D eigenvalue weighted by Gasteiger charge is 2.23. The van der Waals surface area contributed by atoms with E-state index >= 15 is 0 Å². The van der Waals surface area contributed by atoms with E-state index in [1.807, 2.05) is 7.05 Å². The molecule has 0 saturated carbocycles. The third-order valence-electron chi connectivity index (χ3n) is 3.50. The van der Waals surface area contributed by atoms with Crippen molar-refractivity contribution in [2.75, 3.05) is 31.6 Å². The van der Waals surface area contributed by atoms with Crippen molar-refractivity contribution < 1.29 is 4.74 Å². The molecule has 100 valence electrons. The molecule has 0 bridgehead atoms. The summed E-state index contributed by atoms with van der Waals surface area (Å²) in [4.78, 5) is 2.44. The number of nitrogens with zero attached hydrogens (tertiary/aromatic N) is 1. The first kappa shape index (κ1) is 13.4. The molecule has 1 aliphatic rings. The second-order valence-corrected chi connectivity index (χ2v) is 5.10. The SMILES string of the molecule is CNC1CCN(CCOC(C)C)c2ccccc21. The van der Waals surface area contributed by atoms with Crippen LogP contribution in [0.2, 0.25) is 0 Å². The van der Waals surface area contributed by atoms with E-state index in [1.54, 1.807) is 0 Å². The Bertz CT molecular complexity index is 379. The number of nitrogens with one attached hydrogen (secondary N) is 1. The molecule has 0 amide bonds. The van der Waals surface area contributed by atoms with Crippen molar-refractivity contribution in [2.45, 2.75) is 32.4 Å². The Morgan fingerprint density at radius 1 is 1.39 bits per heavy atom. The molecule has 1 unspecified atom stereocenters. The molecule has 1 heterocycles. The fourth-order valence-electron chi connectivity index (χ4n) is 2.56. The lowest BCUT2D eigenvalue weighted by atomic mass is 9.96. The Hall–Kier alpha value is -1.06. The van der Waals surface area contributed by atoms with Crippen molar-refractivity contribution in [3.05, 3.63) is 29.8 Å². The maximum Gasteiger partial charge on any atom is 0.0645 e. The summed E-state index contributed by atoms with van der Waals surface area (Å²) < 4.78 is 5.66. The summed E-state index contributed by atoms with van der Waals surface area (Å²) in [5.74, 6) is 0. The number of fused-ring (bicyclic) bond motifs is 1. The van der Waals surface area contributed by atoms with Crippen LogP contribution in [0.3, 0.4) is 0 Å². The van der Waals surface area contributed by atoms with Crippen molar-refractivity contribution in [3.63, 3.8) is 0 Å². The van der Waals surface area contributed by atoms with E-state index in [0.717, 1.165) is 26.1 Å². The Morgan fingerprint density at radius 3 is 2.89 bits per heavy atom. The van der Waals surface area contributed by atoms with Gasteiger partial charge in [-0.05, 0) is 38.9 Å². The number of para-hydroxylation sites is 1. The fourth-order valence-corrected chi connectivity index (χ4v) is 2.56. The number of anilines is 1. The van der Waals surface area contributed by atoms with E-state index in [4.69, 9.17) is 4.74 Å². The van der Waals surface area contributed by atoms with Gasteiger partial charge in [-0.25, -0.2) is 0 Å². The van der Waals surface area contributed by atoms with Gasteiger partial charge in [0.25, 0.3) is 0 Å². The van der Waals surface area contributed by atoms with Crippen LogP contribution in [0.5, 0.6) is 0 Å². The van der Waals surface area contributed by atoms with E-state index in [1.165, 1.54) is 11.3 Å². The van der Waals surface area contributed by atoms with Crippen LogP contribution in [-0.4, -0.2) is 32.8 Å². The summed E-state index contributed by atoms with van der Waals surface area (Å²) in [6, 6.07) is 9.17. The van der Waals surface area contributed by atoms with Gasteiger partial charge in [0, 0.05) is 24.8 Å². The van der Waals surface area contributed by atoms with Crippen LogP contribution in [0.4, 0.5) is 5.69 Å². The molecule has 0 fully saturated rings. The van der Waals surface area contributed by atoms with Crippen molar-refractivity contribution >= 4 is 5.69 Å². The molecule has 0 radical (unpaired) electrons. The highest BCUT2D eigenvalue weighted by atomic mass is 16.5. The molecule has 3 heteroatoms. The van der Waals surface area contributed by atoms with Gasteiger partial charge in [0.2, 0.25) is 0 Å². The minimum Gasteiger partial charge on any atom is -0.377 e. The molecule has 0 spiro atoms. The van der Waals surface area contributed by atoms with E-state index in [2.05, 4.69) is 48.3 Å². The number of ether oxygens (including phenoxy) is 1.